The summed E-state index contributed by atoms with van der Waals surface area (Å²) < 4.78 is 1.85. The Morgan fingerprint density at radius 1 is 1.47 bits per heavy atom. The fraction of sp³-hybridized carbons (Fsp3) is 0.667. The molecular formula is C12H22N4O. The van der Waals surface area contributed by atoms with E-state index in [9.17, 15) is 4.79 Å². The van der Waals surface area contributed by atoms with E-state index < -0.39 is 0 Å². The predicted octanol–water partition coefficient (Wildman–Crippen LogP) is 1.62. The lowest BCUT2D eigenvalue weighted by Crippen LogP contribution is -2.17. The Hall–Kier alpha value is -1.36. The van der Waals surface area contributed by atoms with Crippen LogP contribution in [-0.2, 0) is 11.3 Å². The Morgan fingerprint density at radius 2 is 2.29 bits per heavy atom. The summed E-state index contributed by atoms with van der Waals surface area (Å²) in [7, 11) is 1.89. The molecule has 5 heteroatoms. The highest BCUT2D eigenvalue weighted by Crippen LogP contribution is 2.08. The lowest BCUT2D eigenvalue weighted by atomic mass is 10.3. The second kappa shape index (κ2) is 7.84. The molecule has 1 aromatic rings. The van der Waals surface area contributed by atoms with Gasteiger partial charge in [0.15, 0.2) is 0 Å². The van der Waals surface area contributed by atoms with Crippen molar-refractivity contribution in [1.29, 1.82) is 0 Å². The first-order valence-corrected chi connectivity index (χ1v) is 6.24. The fourth-order valence-electron chi connectivity index (χ4n) is 1.56. The van der Waals surface area contributed by atoms with Crippen LogP contribution in [0.2, 0.25) is 0 Å². The van der Waals surface area contributed by atoms with Gasteiger partial charge in [-0.2, -0.15) is 5.10 Å². The predicted molar refractivity (Wildman–Crippen MR) is 68.9 cm³/mol. The van der Waals surface area contributed by atoms with Gasteiger partial charge < -0.3 is 10.6 Å². The van der Waals surface area contributed by atoms with Gasteiger partial charge in [0.1, 0.15) is 5.82 Å². The molecular weight excluding hydrogens is 216 g/mol. The number of aryl methyl sites for hydroxylation is 1. The second-order valence-corrected chi connectivity index (χ2v) is 4.05. The molecule has 0 spiro atoms. The van der Waals surface area contributed by atoms with Crippen LogP contribution >= 0.6 is 0 Å². The van der Waals surface area contributed by atoms with Crippen molar-refractivity contribution in [3.05, 3.63) is 12.3 Å². The third-order valence-electron chi connectivity index (χ3n) is 2.54. The minimum absolute atomic E-state index is 0.0542. The number of anilines is 1. The van der Waals surface area contributed by atoms with Gasteiger partial charge in [0.25, 0.3) is 0 Å². The third-order valence-corrected chi connectivity index (χ3v) is 2.54. The minimum atomic E-state index is 0.0542. The van der Waals surface area contributed by atoms with Crippen LogP contribution in [0.5, 0.6) is 0 Å². The maximum Gasteiger partial charge on any atom is 0.225 e. The molecule has 0 atom stereocenters. The SMILES string of the molecule is CCCCn1nccc1NC(=O)CCCNC. The first-order chi connectivity index (χ1) is 8.27. The summed E-state index contributed by atoms with van der Waals surface area (Å²) in [5.74, 6) is 0.853. The molecule has 1 rings (SSSR count). The Bertz CT molecular complexity index is 335. The maximum absolute atomic E-state index is 11.6. The number of hydrogen-bond donors (Lipinski definition) is 2. The lowest BCUT2D eigenvalue weighted by molar-refractivity contribution is -0.116. The average molecular weight is 238 g/mol. The number of amides is 1. The zero-order valence-corrected chi connectivity index (χ0v) is 10.7. The van der Waals surface area contributed by atoms with Gasteiger partial charge >= 0.3 is 0 Å². The highest BCUT2D eigenvalue weighted by Gasteiger charge is 2.06. The smallest absolute Gasteiger partial charge is 0.225 e. The number of hydrogen-bond acceptors (Lipinski definition) is 3. The molecule has 0 radical (unpaired) electrons. The van der Waals surface area contributed by atoms with Crippen LogP contribution in [0.25, 0.3) is 0 Å². The van der Waals surface area contributed by atoms with Gasteiger partial charge in [0.05, 0.1) is 6.20 Å². The summed E-state index contributed by atoms with van der Waals surface area (Å²) in [5.41, 5.74) is 0. The largest absolute Gasteiger partial charge is 0.320 e. The highest BCUT2D eigenvalue weighted by molar-refractivity contribution is 5.89. The molecule has 1 aromatic heterocycles. The molecule has 17 heavy (non-hydrogen) atoms. The van der Waals surface area contributed by atoms with E-state index in [0.717, 1.165) is 38.2 Å². The zero-order valence-electron chi connectivity index (χ0n) is 10.7. The van der Waals surface area contributed by atoms with E-state index in [0.29, 0.717) is 6.42 Å². The molecule has 0 aromatic carbocycles. The molecule has 1 amide bonds. The molecule has 0 fully saturated rings. The van der Waals surface area contributed by atoms with E-state index in [1.807, 2.05) is 17.8 Å². The first-order valence-electron chi connectivity index (χ1n) is 6.24. The van der Waals surface area contributed by atoms with Gasteiger partial charge in [0.2, 0.25) is 5.91 Å². The minimum Gasteiger partial charge on any atom is -0.320 e. The molecule has 96 valence electrons. The number of carbonyl (C=O) groups excluding carboxylic acids is 1. The molecule has 0 aliphatic heterocycles. The normalized spacial score (nSPS) is 10.5. The Kier molecular flexibility index (Phi) is 6.32. The zero-order chi connectivity index (χ0) is 12.5. The van der Waals surface area contributed by atoms with Crippen molar-refractivity contribution in [3.63, 3.8) is 0 Å². The van der Waals surface area contributed by atoms with E-state index in [1.54, 1.807) is 6.20 Å². The molecule has 0 saturated heterocycles. The van der Waals surface area contributed by atoms with E-state index in [4.69, 9.17) is 0 Å². The van der Waals surface area contributed by atoms with E-state index in [2.05, 4.69) is 22.7 Å². The molecule has 1 heterocycles. The van der Waals surface area contributed by atoms with Gasteiger partial charge in [-0.15, -0.1) is 0 Å². The lowest BCUT2D eigenvalue weighted by Gasteiger charge is -2.08. The maximum atomic E-state index is 11.6. The van der Waals surface area contributed by atoms with Crippen LogP contribution in [0.1, 0.15) is 32.6 Å². The van der Waals surface area contributed by atoms with Crippen molar-refractivity contribution in [2.24, 2.45) is 0 Å². The van der Waals surface area contributed by atoms with Crippen LogP contribution in [0.15, 0.2) is 12.3 Å². The number of unbranched alkanes of at least 4 members (excludes halogenated alkanes) is 1. The van der Waals surface area contributed by atoms with Gasteiger partial charge in [-0.25, -0.2) is 4.68 Å². The monoisotopic (exact) mass is 238 g/mol. The Morgan fingerprint density at radius 3 is 3.00 bits per heavy atom. The number of nitrogens with zero attached hydrogens (tertiary/aromatic N) is 2. The number of aromatic nitrogens is 2. The van der Waals surface area contributed by atoms with Gasteiger partial charge in [-0.05, 0) is 26.4 Å². The van der Waals surface area contributed by atoms with Crippen molar-refractivity contribution in [1.82, 2.24) is 15.1 Å². The summed E-state index contributed by atoms with van der Waals surface area (Å²) in [5, 5.41) is 10.1. The van der Waals surface area contributed by atoms with Crippen LogP contribution < -0.4 is 10.6 Å². The molecule has 0 saturated carbocycles. The summed E-state index contributed by atoms with van der Waals surface area (Å²) in [6, 6.07) is 1.84. The second-order valence-electron chi connectivity index (χ2n) is 4.05. The van der Waals surface area contributed by atoms with Crippen LogP contribution in [0.3, 0.4) is 0 Å². The molecule has 0 aliphatic rings. The average Bonchev–Trinajstić information content (AvgIpc) is 2.74. The van der Waals surface area contributed by atoms with Gasteiger partial charge in [-0.1, -0.05) is 13.3 Å². The summed E-state index contributed by atoms with van der Waals surface area (Å²) in [4.78, 5) is 11.6. The highest BCUT2D eigenvalue weighted by atomic mass is 16.1. The topological polar surface area (TPSA) is 59.0 Å². The third kappa shape index (κ3) is 4.99. The summed E-state index contributed by atoms with van der Waals surface area (Å²) in [6.07, 6.45) is 5.31. The van der Waals surface area contributed by atoms with Gasteiger partial charge in [-0.3, -0.25) is 4.79 Å². The number of nitrogens with one attached hydrogen (secondary N) is 2. The van der Waals surface area contributed by atoms with Crippen molar-refractivity contribution in [3.8, 4) is 0 Å². The Labute approximate surface area is 103 Å². The van der Waals surface area contributed by atoms with Gasteiger partial charge in [0, 0.05) is 19.0 Å². The van der Waals surface area contributed by atoms with E-state index >= 15 is 0 Å². The summed E-state index contributed by atoms with van der Waals surface area (Å²) >= 11 is 0. The van der Waals surface area contributed by atoms with Crippen LogP contribution in [-0.4, -0.2) is 29.3 Å². The Balaban J connectivity index is 2.39. The van der Waals surface area contributed by atoms with E-state index in [1.165, 1.54) is 0 Å². The van der Waals surface area contributed by atoms with Crippen molar-refractivity contribution < 1.29 is 4.79 Å². The standard InChI is InChI=1S/C12H22N4O/c1-3-4-10-16-11(7-9-14-16)15-12(17)6-5-8-13-2/h7,9,13H,3-6,8,10H2,1-2H3,(H,15,17). The van der Waals surface area contributed by atoms with Crippen molar-refractivity contribution in [2.75, 3.05) is 18.9 Å². The van der Waals surface area contributed by atoms with Crippen LogP contribution in [0.4, 0.5) is 5.82 Å². The first kappa shape index (κ1) is 13.7. The van der Waals surface area contributed by atoms with E-state index in [-0.39, 0.29) is 5.91 Å². The van der Waals surface area contributed by atoms with Crippen molar-refractivity contribution in [2.45, 2.75) is 39.2 Å². The van der Waals surface area contributed by atoms with Crippen molar-refractivity contribution >= 4 is 11.7 Å². The number of rotatable bonds is 8. The molecule has 0 unspecified atom stereocenters. The summed E-state index contributed by atoms with van der Waals surface area (Å²) in [6.45, 7) is 3.86. The molecule has 2 N–H and O–H groups in total. The van der Waals surface area contributed by atoms with Crippen LogP contribution in [0, 0.1) is 0 Å². The quantitative estimate of drug-likeness (QED) is 0.677. The molecule has 5 nitrogen and oxygen atoms in total. The fourth-order valence-corrected chi connectivity index (χ4v) is 1.56. The number of carbonyl (C=O) groups is 1. The molecule has 0 bridgehead atoms. The molecule has 0 aliphatic carbocycles.